The molecule has 0 bridgehead atoms. The molecule has 1 N–H and O–H groups in total. The highest BCUT2D eigenvalue weighted by atomic mass is 16.2. The largest absolute Gasteiger partial charge is 0.334 e. The Morgan fingerprint density at radius 1 is 1.50 bits per heavy atom. The fourth-order valence-electron chi connectivity index (χ4n) is 1.55. The molecule has 5 heteroatoms. The lowest BCUT2D eigenvalue weighted by molar-refractivity contribution is -0.121. The molecule has 0 aliphatic rings. The molecule has 0 spiro atoms. The average molecular weight is 242 g/mol. The number of rotatable bonds is 2. The first-order valence-corrected chi connectivity index (χ1v) is 5.58. The highest BCUT2D eigenvalue weighted by molar-refractivity contribution is 5.97. The number of fused-ring (bicyclic) bond motifs is 1. The van der Waals surface area contributed by atoms with Crippen LogP contribution in [-0.2, 0) is 11.8 Å². The SMILES string of the molecule is Cn1cnc2cc(NC(=O)C(C)(C)C#N)ccc21. The van der Waals surface area contributed by atoms with Gasteiger partial charge in [-0.15, -0.1) is 0 Å². The first-order chi connectivity index (χ1) is 8.44. The minimum Gasteiger partial charge on any atom is -0.334 e. The summed E-state index contributed by atoms with van der Waals surface area (Å²) in [6.45, 7) is 3.17. The van der Waals surface area contributed by atoms with E-state index in [1.165, 1.54) is 0 Å². The molecule has 2 aromatic rings. The maximum atomic E-state index is 11.8. The van der Waals surface area contributed by atoms with Crippen molar-refractivity contribution in [2.24, 2.45) is 12.5 Å². The number of aromatic nitrogens is 2. The lowest BCUT2D eigenvalue weighted by Gasteiger charge is -2.14. The molecule has 0 atom stereocenters. The minimum absolute atomic E-state index is 0.319. The molecule has 0 unspecified atom stereocenters. The van der Waals surface area contributed by atoms with Crippen LogP contribution in [0.5, 0.6) is 0 Å². The summed E-state index contributed by atoms with van der Waals surface area (Å²) in [5, 5.41) is 11.6. The van der Waals surface area contributed by atoms with Crippen LogP contribution in [0, 0.1) is 16.7 Å². The molecule has 1 aromatic carbocycles. The molecule has 2 rings (SSSR count). The number of carbonyl (C=O) groups excluding carboxylic acids is 1. The molecule has 1 amide bonds. The van der Waals surface area contributed by atoms with Crippen molar-refractivity contribution in [2.45, 2.75) is 13.8 Å². The summed E-state index contributed by atoms with van der Waals surface area (Å²) in [7, 11) is 1.91. The number of aryl methyl sites for hydroxylation is 1. The Morgan fingerprint density at radius 3 is 2.89 bits per heavy atom. The van der Waals surface area contributed by atoms with E-state index in [1.54, 1.807) is 32.3 Å². The highest BCUT2D eigenvalue weighted by Crippen LogP contribution is 2.20. The van der Waals surface area contributed by atoms with E-state index in [-0.39, 0.29) is 5.91 Å². The third-order valence-corrected chi connectivity index (χ3v) is 2.83. The molecule has 0 saturated carbocycles. The van der Waals surface area contributed by atoms with Crippen molar-refractivity contribution >= 4 is 22.6 Å². The fourth-order valence-corrected chi connectivity index (χ4v) is 1.55. The Morgan fingerprint density at radius 2 is 2.22 bits per heavy atom. The summed E-state index contributed by atoms with van der Waals surface area (Å²) < 4.78 is 1.90. The van der Waals surface area contributed by atoms with Crippen LogP contribution in [0.2, 0.25) is 0 Å². The predicted molar refractivity (Wildman–Crippen MR) is 68.7 cm³/mol. The van der Waals surface area contributed by atoms with E-state index in [2.05, 4.69) is 10.3 Å². The smallest absolute Gasteiger partial charge is 0.244 e. The third kappa shape index (κ3) is 2.05. The third-order valence-electron chi connectivity index (χ3n) is 2.83. The van der Waals surface area contributed by atoms with Gasteiger partial charge in [-0.05, 0) is 32.0 Å². The van der Waals surface area contributed by atoms with Gasteiger partial charge in [-0.1, -0.05) is 0 Å². The molecule has 0 aliphatic heterocycles. The second-order valence-corrected chi connectivity index (χ2v) is 4.75. The number of imidazole rings is 1. The van der Waals surface area contributed by atoms with Crippen molar-refractivity contribution in [1.29, 1.82) is 5.26 Å². The van der Waals surface area contributed by atoms with Crippen molar-refractivity contribution < 1.29 is 4.79 Å². The lowest BCUT2D eigenvalue weighted by atomic mass is 9.94. The quantitative estimate of drug-likeness (QED) is 0.876. The molecular formula is C13H14N4O. The van der Waals surface area contributed by atoms with E-state index < -0.39 is 5.41 Å². The minimum atomic E-state index is -1.04. The van der Waals surface area contributed by atoms with Gasteiger partial charge in [0, 0.05) is 12.7 Å². The van der Waals surface area contributed by atoms with Gasteiger partial charge in [-0.25, -0.2) is 4.98 Å². The average Bonchev–Trinajstić information content (AvgIpc) is 2.70. The molecule has 0 radical (unpaired) electrons. The summed E-state index contributed by atoms with van der Waals surface area (Å²) in [5.41, 5.74) is 1.41. The molecule has 0 aliphatic carbocycles. The number of hydrogen-bond acceptors (Lipinski definition) is 3. The van der Waals surface area contributed by atoms with Crippen LogP contribution in [0.3, 0.4) is 0 Å². The van der Waals surface area contributed by atoms with Gasteiger partial charge in [0.05, 0.1) is 23.4 Å². The topological polar surface area (TPSA) is 70.7 Å². The van der Waals surface area contributed by atoms with Gasteiger partial charge >= 0.3 is 0 Å². The number of hydrogen-bond donors (Lipinski definition) is 1. The summed E-state index contributed by atoms with van der Waals surface area (Å²) in [6, 6.07) is 7.45. The van der Waals surface area contributed by atoms with Gasteiger partial charge in [-0.2, -0.15) is 5.26 Å². The normalized spacial score (nSPS) is 11.2. The van der Waals surface area contributed by atoms with Crippen LogP contribution >= 0.6 is 0 Å². The van der Waals surface area contributed by atoms with Gasteiger partial charge in [-0.3, -0.25) is 4.79 Å². The molecule has 1 aromatic heterocycles. The molecule has 92 valence electrons. The highest BCUT2D eigenvalue weighted by Gasteiger charge is 2.27. The Kier molecular flexibility index (Phi) is 2.79. The number of nitriles is 1. The standard InChI is InChI=1S/C13H14N4O/c1-13(2,7-14)12(18)16-9-4-5-11-10(6-9)15-8-17(11)3/h4-6,8H,1-3H3,(H,16,18). The van der Waals surface area contributed by atoms with Gasteiger partial charge in [0.15, 0.2) is 0 Å². The van der Waals surface area contributed by atoms with Crippen LogP contribution in [-0.4, -0.2) is 15.5 Å². The molecule has 1 heterocycles. The number of carbonyl (C=O) groups is 1. The zero-order chi connectivity index (χ0) is 13.3. The van der Waals surface area contributed by atoms with Crippen molar-refractivity contribution in [3.8, 4) is 6.07 Å². The zero-order valence-electron chi connectivity index (χ0n) is 10.6. The van der Waals surface area contributed by atoms with Crippen LogP contribution in [0.15, 0.2) is 24.5 Å². The van der Waals surface area contributed by atoms with Gasteiger partial charge in [0.2, 0.25) is 5.91 Å². The maximum Gasteiger partial charge on any atom is 0.244 e. The molecular weight excluding hydrogens is 228 g/mol. The number of nitrogens with zero attached hydrogens (tertiary/aromatic N) is 3. The molecule has 18 heavy (non-hydrogen) atoms. The Bertz CT molecular complexity index is 649. The van der Waals surface area contributed by atoms with Crippen LogP contribution < -0.4 is 5.32 Å². The van der Waals surface area contributed by atoms with Gasteiger partial charge in [0.1, 0.15) is 5.41 Å². The van der Waals surface area contributed by atoms with Crippen molar-refractivity contribution in [3.63, 3.8) is 0 Å². The van der Waals surface area contributed by atoms with Crippen molar-refractivity contribution in [3.05, 3.63) is 24.5 Å². The molecule has 5 nitrogen and oxygen atoms in total. The number of benzene rings is 1. The van der Waals surface area contributed by atoms with Gasteiger partial charge < -0.3 is 9.88 Å². The first kappa shape index (κ1) is 12.1. The second kappa shape index (κ2) is 4.15. The Hall–Kier alpha value is -2.35. The van der Waals surface area contributed by atoms with E-state index >= 15 is 0 Å². The Labute approximate surface area is 105 Å². The van der Waals surface area contributed by atoms with E-state index in [0.717, 1.165) is 11.0 Å². The maximum absolute atomic E-state index is 11.8. The second-order valence-electron chi connectivity index (χ2n) is 4.75. The van der Waals surface area contributed by atoms with E-state index in [9.17, 15) is 4.79 Å². The summed E-state index contributed by atoms with van der Waals surface area (Å²) in [5.74, 6) is -0.319. The molecule has 0 saturated heterocycles. The first-order valence-electron chi connectivity index (χ1n) is 5.58. The fraction of sp³-hybridized carbons (Fsp3) is 0.308. The van der Waals surface area contributed by atoms with E-state index in [0.29, 0.717) is 5.69 Å². The van der Waals surface area contributed by atoms with Crippen LogP contribution in [0.4, 0.5) is 5.69 Å². The monoisotopic (exact) mass is 242 g/mol. The van der Waals surface area contributed by atoms with Crippen molar-refractivity contribution in [2.75, 3.05) is 5.32 Å². The van der Waals surface area contributed by atoms with E-state index in [1.807, 2.05) is 23.8 Å². The number of nitrogens with one attached hydrogen (secondary N) is 1. The summed E-state index contributed by atoms with van der Waals surface area (Å²) >= 11 is 0. The van der Waals surface area contributed by atoms with E-state index in [4.69, 9.17) is 5.26 Å². The van der Waals surface area contributed by atoms with Crippen LogP contribution in [0.1, 0.15) is 13.8 Å². The molecule has 0 fully saturated rings. The Balaban J connectivity index is 2.28. The van der Waals surface area contributed by atoms with Gasteiger partial charge in [0.25, 0.3) is 0 Å². The predicted octanol–water partition coefficient (Wildman–Crippen LogP) is 2.06. The van der Waals surface area contributed by atoms with Crippen molar-refractivity contribution in [1.82, 2.24) is 9.55 Å². The van der Waals surface area contributed by atoms with Crippen LogP contribution in [0.25, 0.3) is 11.0 Å². The summed E-state index contributed by atoms with van der Waals surface area (Å²) in [4.78, 5) is 16.1. The zero-order valence-corrected chi connectivity index (χ0v) is 10.6. The summed E-state index contributed by atoms with van der Waals surface area (Å²) in [6.07, 6.45) is 1.72. The number of anilines is 1. The number of amides is 1. The lowest BCUT2D eigenvalue weighted by Crippen LogP contribution is -2.29.